The summed E-state index contributed by atoms with van der Waals surface area (Å²) in [7, 11) is 0. The number of nitrogens with zero attached hydrogens (tertiary/aromatic N) is 2. The van der Waals surface area contributed by atoms with E-state index in [2.05, 4.69) is 44.6 Å². The second-order valence-corrected chi connectivity index (χ2v) is 5.26. The molecule has 0 bridgehead atoms. The lowest BCUT2D eigenvalue weighted by Crippen LogP contribution is -2.58. The summed E-state index contributed by atoms with van der Waals surface area (Å²) in [5, 5.41) is 5.05. The predicted molar refractivity (Wildman–Crippen MR) is 57.5 cm³/mol. The minimum Gasteiger partial charge on any atom is -0.239 e. The van der Waals surface area contributed by atoms with Crippen molar-refractivity contribution < 1.29 is 0 Å². The lowest BCUT2D eigenvalue weighted by Gasteiger charge is -2.48. The highest BCUT2D eigenvalue weighted by Crippen LogP contribution is 2.23. The van der Waals surface area contributed by atoms with Gasteiger partial charge >= 0.3 is 0 Å². The molecule has 0 N–H and O–H groups in total. The smallest absolute Gasteiger partial charge is 0.0272 e. The van der Waals surface area contributed by atoms with Crippen molar-refractivity contribution in [3.8, 4) is 0 Å². The van der Waals surface area contributed by atoms with Crippen molar-refractivity contribution in [2.24, 2.45) is 0 Å². The van der Waals surface area contributed by atoms with Crippen LogP contribution in [0.1, 0.15) is 47.5 Å². The van der Waals surface area contributed by atoms with E-state index in [9.17, 15) is 0 Å². The molecule has 0 unspecified atom stereocenters. The van der Waals surface area contributed by atoms with Gasteiger partial charge in [0, 0.05) is 24.7 Å². The van der Waals surface area contributed by atoms with Crippen LogP contribution in [0.3, 0.4) is 0 Å². The number of hydrogen-bond acceptors (Lipinski definition) is 2. The fraction of sp³-hybridized carbons (Fsp3) is 1.00. The van der Waals surface area contributed by atoms with Crippen LogP contribution in [0.15, 0.2) is 0 Å². The topological polar surface area (TPSA) is 6.48 Å². The molecule has 1 aliphatic rings. The first-order chi connectivity index (χ1) is 5.93. The zero-order valence-corrected chi connectivity index (χ0v) is 9.80. The SMILES string of the molecule is CC(C)N1CCCCN1C(C)(C)C. The van der Waals surface area contributed by atoms with Crippen LogP contribution in [-0.4, -0.2) is 34.7 Å². The van der Waals surface area contributed by atoms with Gasteiger partial charge in [-0.3, -0.25) is 0 Å². The maximum Gasteiger partial charge on any atom is 0.0272 e. The van der Waals surface area contributed by atoms with Gasteiger partial charge in [-0.15, -0.1) is 0 Å². The minimum absolute atomic E-state index is 0.282. The second-order valence-electron chi connectivity index (χ2n) is 5.26. The zero-order valence-electron chi connectivity index (χ0n) is 9.80. The number of rotatable bonds is 1. The molecule has 78 valence electrons. The number of hydrogen-bond donors (Lipinski definition) is 0. The van der Waals surface area contributed by atoms with Crippen LogP contribution < -0.4 is 0 Å². The molecule has 0 atom stereocenters. The van der Waals surface area contributed by atoms with Gasteiger partial charge in [-0.2, -0.15) is 0 Å². The summed E-state index contributed by atoms with van der Waals surface area (Å²) in [6.45, 7) is 13.9. The van der Waals surface area contributed by atoms with Gasteiger partial charge in [0.25, 0.3) is 0 Å². The molecule has 0 aromatic heterocycles. The summed E-state index contributed by atoms with van der Waals surface area (Å²) in [5.74, 6) is 0. The third kappa shape index (κ3) is 2.68. The van der Waals surface area contributed by atoms with Gasteiger partial charge in [0.1, 0.15) is 0 Å². The Bertz CT molecular complexity index is 158. The quantitative estimate of drug-likeness (QED) is 0.618. The van der Waals surface area contributed by atoms with Gasteiger partial charge in [-0.1, -0.05) is 0 Å². The normalized spacial score (nSPS) is 22.6. The molecular weight excluding hydrogens is 160 g/mol. The summed E-state index contributed by atoms with van der Waals surface area (Å²) < 4.78 is 0. The fourth-order valence-corrected chi connectivity index (χ4v) is 2.04. The first-order valence-corrected chi connectivity index (χ1v) is 5.47. The van der Waals surface area contributed by atoms with E-state index in [0.717, 1.165) is 0 Å². The molecule has 0 aliphatic carbocycles. The van der Waals surface area contributed by atoms with Gasteiger partial charge in [0.15, 0.2) is 0 Å². The first kappa shape index (κ1) is 11.0. The van der Waals surface area contributed by atoms with E-state index in [0.29, 0.717) is 6.04 Å². The second kappa shape index (κ2) is 3.97. The first-order valence-electron chi connectivity index (χ1n) is 5.47. The van der Waals surface area contributed by atoms with Crippen molar-refractivity contribution in [2.45, 2.75) is 59.0 Å². The molecule has 13 heavy (non-hydrogen) atoms. The Morgan fingerprint density at radius 1 is 1.00 bits per heavy atom. The van der Waals surface area contributed by atoms with E-state index < -0.39 is 0 Å². The van der Waals surface area contributed by atoms with Crippen molar-refractivity contribution in [1.82, 2.24) is 10.0 Å². The monoisotopic (exact) mass is 184 g/mol. The lowest BCUT2D eigenvalue weighted by molar-refractivity contribution is -0.129. The van der Waals surface area contributed by atoms with Crippen molar-refractivity contribution in [3.63, 3.8) is 0 Å². The van der Waals surface area contributed by atoms with Gasteiger partial charge in [0.2, 0.25) is 0 Å². The lowest BCUT2D eigenvalue weighted by atomic mass is 10.1. The fourth-order valence-electron chi connectivity index (χ4n) is 2.04. The van der Waals surface area contributed by atoms with E-state index in [-0.39, 0.29) is 5.54 Å². The Morgan fingerprint density at radius 3 is 1.92 bits per heavy atom. The highest BCUT2D eigenvalue weighted by molar-refractivity contribution is 4.79. The molecule has 0 aromatic carbocycles. The molecule has 2 nitrogen and oxygen atoms in total. The standard InChI is InChI=1S/C11H24N2/c1-10(2)12-8-6-7-9-13(12)11(3,4)5/h10H,6-9H2,1-5H3. The number of hydrazine groups is 1. The van der Waals surface area contributed by atoms with E-state index in [1.165, 1.54) is 25.9 Å². The molecule has 0 saturated carbocycles. The van der Waals surface area contributed by atoms with Gasteiger partial charge < -0.3 is 0 Å². The third-order valence-electron chi connectivity index (χ3n) is 2.69. The largest absolute Gasteiger partial charge is 0.239 e. The van der Waals surface area contributed by atoms with E-state index in [1.807, 2.05) is 0 Å². The van der Waals surface area contributed by atoms with Crippen LogP contribution in [0.2, 0.25) is 0 Å². The van der Waals surface area contributed by atoms with Gasteiger partial charge in [0.05, 0.1) is 0 Å². The van der Waals surface area contributed by atoms with E-state index >= 15 is 0 Å². The van der Waals surface area contributed by atoms with Crippen molar-refractivity contribution in [3.05, 3.63) is 0 Å². The summed E-state index contributed by atoms with van der Waals surface area (Å²) in [5.41, 5.74) is 0.282. The molecule has 0 radical (unpaired) electrons. The van der Waals surface area contributed by atoms with Crippen LogP contribution in [0.4, 0.5) is 0 Å². The summed E-state index contributed by atoms with van der Waals surface area (Å²) >= 11 is 0. The summed E-state index contributed by atoms with van der Waals surface area (Å²) in [6, 6.07) is 0.638. The van der Waals surface area contributed by atoms with Crippen molar-refractivity contribution in [1.29, 1.82) is 0 Å². The highest BCUT2D eigenvalue weighted by Gasteiger charge is 2.30. The van der Waals surface area contributed by atoms with Crippen LogP contribution in [-0.2, 0) is 0 Å². The van der Waals surface area contributed by atoms with Crippen LogP contribution >= 0.6 is 0 Å². The van der Waals surface area contributed by atoms with Gasteiger partial charge in [-0.05, 0) is 47.5 Å². The molecule has 1 fully saturated rings. The molecular formula is C11H24N2. The van der Waals surface area contributed by atoms with Crippen molar-refractivity contribution >= 4 is 0 Å². The Kier molecular flexibility index (Phi) is 3.36. The molecule has 1 rings (SSSR count). The van der Waals surface area contributed by atoms with Crippen LogP contribution in [0.25, 0.3) is 0 Å². The molecule has 1 saturated heterocycles. The summed E-state index contributed by atoms with van der Waals surface area (Å²) in [4.78, 5) is 0. The molecule has 0 spiro atoms. The minimum atomic E-state index is 0.282. The average Bonchev–Trinajstić information content (AvgIpc) is 2.03. The van der Waals surface area contributed by atoms with Crippen LogP contribution in [0, 0.1) is 0 Å². The maximum atomic E-state index is 2.53. The Balaban J connectivity index is 2.67. The highest BCUT2D eigenvalue weighted by atomic mass is 15.7. The third-order valence-corrected chi connectivity index (χ3v) is 2.69. The molecule has 2 heteroatoms. The summed E-state index contributed by atoms with van der Waals surface area (Å²) in [6.07, 6.45) is 2.70. The molecule has 0 amide bonds. The Hall–Kier alpha value is -0.0800. The zero-order chi connectivity index (χ0) is 10.1. The maximum absolute atomic E-state index is 2.53. The molecule has 0 aromatic rings. The predicted octanol–water partition coefficient (Wildman–Crippen LogP) is 2.51. The van der Waals surface area contributed by atoms with Crippen molar-refractivity contribution in [2.75, 3.05) is 13.1 Å². The van der Waals surface area contributed by atoms with Crippen LogP contribution in [0.5, 0.6) is 0 Å². The Morgan fingerprint density at radius 2 is 1.54 bits per heavy atom. The van der Waals surface area contributed by atoms with Gasteiger partial charge in [-0.25, -0.2) is 10.0 Å². The average molecular weight is 184 g/mol. The van der Waals surface area contributed by atoms with E-state index in [1.54, 1.807) is 0 Å². The van der Waals surface area contributed by atoms with E-state index in [4.69, 9.17) is 0 Å². The molecule has 1 aliphatic heterocycles. The Labute approximate surface area is 82.9 Å². The molecule has 1 heterocycles.